The molecule has 0 aromatic heterocycles. The van der Waals surface area contributed by atoms with Gasteiger partial charge < -0.3 is 20.3 Å². The smallest absolute Gasteiger partial charge is 0.409 e. The van der Waals surface area contributed by atoms with Gasteiger partial charge in [-0.25, -0.2) is 9.18 Å². The van der Waals surface area contributed by atoms with E-state index in [2.05, 4.69) is 15.6 Å². The molecule has 6 nitrogen and oxygen atoms in total. The van der Waals surface area contributed by atoms with E-state index in [0.717, 1.165) is 25.3 Å². The molecule has 27 heavy (non-hydrogen) atoms. The second-order valence-electron chi connectivity index (χ2n) is 5.92. The van der Waals surface area contributed by atoms with E-state index >= 15 is 0 Å². The Hall–Kier alpha value is -1.23. The van der Waals surface area contributed by atoms with Gasteiger partial charge in [0.15, 0.2) is 5.96 Å². The molecule has 152 valence electrons. The number of nitrogens with zero attached hydrogens (tertiary/aromatic N) is 2. The molecule has 2 rings (SSSR count). The number of piperidine rings is 1. The fourth-order valence-corrected chi connectivity index (χ4v) is 3.51. The largest absolute Gasteiger partial charge is 0.453 e. The second-order valence-corrected chi connectivity index (χ2v) is 7.05. The highest BCUT2D eigenvalue weighted by molar-refractivity contribution is 14.0. The van der Waals surface area contributed by atoms with Crippen LogP contribution >= 0.6 is 35.7 Å². The number of thioether (sulfide) groups is 1. The Kier molecular flexibility index (Phi) is 11.5. The molecule has 0 aliphatic carbocycles. The lowest BCUT2D eigenvalue weighted by atomic mass is 10.1. The first-order chi connectivity index (χ1) is 12.6. The highest BCUT2D eigenvalue weighted by atomic mass is 127. The number of carbonyl (C=O) groups is 1. The maximum absolute atomic E-state index is 13.6. The lowest BCUT2D eigenvalue weighted by Gasteiger charge is -2.32. The number of amides is 1. The van der Waals surface area contributed by atoms with Gasteiger partial charge in [0.1, 0.15) is 5.82 Å². The topological polar surface area (TPSA) is 66.0 Å². The molecule has 1 saturated heterocycles. The van der Waals surface area contributed by atoms with Crippen LogP contribution in [0.1, 0.15) is 19.8 Å². The summed E-state index contributed by atoms with van der Waals surface area (Å²) in [5.41, 5.74) is 0. The van der Waals surface area contributed by atoms with Crippen molar-refractivity contribution in [3.05, 3.63) is 30.1 Å². The van der Waals surface area contributed by atoms with Crippen LogP contribution in [0.5, 0.6) is 0 Å². The molecule has 1 heterocycles. The van der Waals surface area contributed by atoms with E-state index in [4.69, 9.17) is 4.74 Å². The number of hydrogen-bond donors (Lipinski definition) is 2. The Bertz CT molecular complexity index is 613. The highest BCUT2D eigenvalue weighted by Crippen LogP contribution is 2.20. The number of ether oxygens (including phenoxy) is 1. The fourth-order valence-electron chi connectivity index (χ4n) is 2.72. The summed E-state index contributed by atoms with van der Waals surface area (Å²) in [6, 6.07) is 7.05. The van der Waals surface area contributed by atoms with Crippen LogP contribution in [-0.2, 0) is 4.74 Å². The van der Waals surface area contributed by atoms with Crippen molar-refractivity contribution in [2.24, 2.45) is 4.99 Å². The van der Waals surface area contributed by atoms with E-state index in [1.54, 1.807) is 17.0 Å². The van der Waals surface area contributed by atoms with Crippen LogP contribution in [0.25, 0.3) is 0 Å². The van der Waals surface area contributed by atoms with Crippen molar-refractivity contribution < 1.29 is 13.9 Å². The highest BCUT2D eigenvalue weighted by Gasteiger charge is 2.23. The van der Waals surface area contributed by atoms with Gasteiger partial charge in [-0.3, -0.25) is 4.99 Å². The Morgan fingerprint density at radius 1 is 1.37 bits per heavy atom. The molecular formula is C18H28FIN4O2S. The SMILES string of the molecule is CCNC(=NCCSc1ccccc1F)NC1CCN(C(=O)OC)CC1.I. The number of rotatable bonds is 6. The molecule has 9 heteroatoms. The average Bonchev–Trinajstić information content (AvgIpc) is 2.66. The minimum Gasteiger partial charge on any atom is -0.453 e. The summed E-state index contributed by atoms with van der Waals surface area (Å²) in [7, 11) is 1.40. The Balaban J connectivity index is 0.00000364. The van der Waals surface area contributed by atoms with E-state index in [1.165, 1.54) is 24.9 Å². The molecule has 0 radical (unpaired) electrons. The zero-order valence-electron chi connectivity index (χ0n) is 15.7. The van der Waals surface area contributed by atoms with Crippen molar-refractivity contribution in [3.8, 4) is 0 Å². The summed E-state index contributed by atoms with van der Waals surface area (Å²) in [6.07, 6.45) is 1.43. The van der Waals surface area contributed by atoms with Gasteiger partial charge in [-0.1, -0.05) is 12.1 Å². The molecule has 0 atom stereocenters. The summed E-state index contributed by atoms with van der Waals surface area (Å²) >= 11 is 1.46. The van der Waals surface area contributed by atoms with Gasteiger partial charge in [-0.2, -0.15) is 0 Å². The van der Waals surface area contributed by atoms with Crippen LogP contribution in [0.2, 0.25) is 0 Å². The van der Waals surface area contributed by atoms with Gasteiger partial charge in [0.05, 0.1) is 13.7 Å². The maximum Gasteiger partial charge on any atom is 0.409 e. The van der Waals surface area contributed by atoms with Crippen LogP contribution in [0.15, 0.2) is 34.2 Å². The average molecular weight is 510 g/mol. The number of guanidine groups is 1. The Labute approximate surface area is 181 Å². The molecule has 1 aromatic carbocycles. The molecule has 1 aliphatic rings. The monoisotopic (exact) mass is 510 g/mol. The lowest BCUT2D eigenvalue weighted by Crippen LogP contribution is -2.49. The number of nitrogens with one attached hydrogen (secondary N) is 2. The Morgan fingerprint density at radius 3 is 2.70 bits per heavy atom. The third-order valence-electron chi connectivity index (χ3n) is 4.07. The molecule has 0 saturated carbocycles. The summed E-state index contributed by atoms with van der Waals surface area (Å²) in [5.74, 6) is 1.28. The van der Waals surface area contributed by atoms with Crippen LogP contribution in [0.4, 0.5) is 9.18 Å². The van der Waals surface area contributed by atoms with Crippen molar-refractivity contribution in [1.82, 2.24) is 15.5 Å². The summed E-state index contributed by atoms with van der Waals surface area (Å²) in [6.45, 7) is 4.73. The Morgan fingerprint density at radius 2 is 2.07 bits per heavy atom. The zero-order chi connectivity index (χ0) is 18.8. The number of hydrogen-bond acceptors (Lipinski definition) is 4. The zero-order valence-corrected chi connectivity index (χ0v) is 18.9. The third-order valence-corrected chi connectivity index (χ3v) is 5.10. The molecule has 0 bridgehead atoms. The number of methoxy groups -OCH3 is 1. The molecule has 1 amide bonds. The minimum absolute atomic E-state index is 0. The molecule has 0 unspecified atom stereocenters. The van der Waals surface area contributed by atoms with E-state index in [-0.39, 0.29) is 41.9 Å². The molecule has 0 spiro atoms. The number of likely N-dealkylation sites (tertiary alicyclic amines) is 1. The van der Waals surface area contributed by atoms with E-state index < -0.39 is 0 Å². The van der Waals surface area contributed by atoms with Crippen molar-refractivity contribution in [2.45, 2.75) is 30.7 Å². The first-order valence-electron chi connectivity index (χ1n) is 8.89. The first kappa shape index (κ1) is 23.8. The van der Waals surface area contributed by atoms with Crippen molar-refractivity contribution in [2.75, 3.05) is 39.0 Å². The standard InChI is InChI=1S/C18H27FN4O2S.HI/c1-3-20-17(21-10-13-26-16-7-5-4-6-15(16)19)22-14-8-11-23(12-9-14)18(24)25-2;/h4-7,14H,3,8-13H2,1-2H3,(H2,20,21,22);1H. The lowest BCUT2D eigenvalue weighted by molar-refractivity contribution is 0.111. The van der Waals surface area contributed by atoms with Crippen molar-refractivity contribution in [1.29, 1.82) is 0 Å². The quantitative estimate of drug-likeness (QED) is 0.202. The first-order valence-corrected chi connectivity index (χ1v) is 9.87. The molecule has 2 N–H and O–H groups in total. The number of halogens is 2. The third kappa shape index (κ3) is 8.12. The van der Waals surface area contributed by atoms with Crippen LogP contribution in [-0.4, -0.2) is 62.0 Å². The van der Waals surface area contributed by atoms with Gasteiger partial charge in [-0.05, 0) is 31.9 Å². The van der Waals surface area contributed by atoms with Crippen molar-refractivity contribution >= 4 is 47.8 Å². The molecule has 1 aromatic rings. The number of carbonyl (C=O) groups excluding carboxylic acids is 1. The number of benzene rings is 1. The van der Waals surface area contributed by atoms with Gasteiger partial charge in [-0.15, -0.1) is 35.7 Å². The van der Waals surface area contributed by atoms with Gasteiger partial charge >= 0.3 is 6.09 Å². The normalized spacial score (nSPS) is 15.1. The predicted octanol–water partition coefficient (Wildman–Crippen LogP) is 3.32. The molecular weight excluding hydrogens is 482 g/mol. The molecule has 1 fully saturated rings. The molecule has 1 aliphatic heterocycles. The number of aliphatic imine (C=N–C) groups is 1. The van der Waals surface area contributed by atoms with Gasteiger partial charge in [0.2, 0.25) is 0 Å². The predicted molar refractivity (Wildman–Crippen MR) is 119 cm³/mol. The van der Waals surface area contributed by atoms with Crippen LogP contribution in [0.3, 0.4) is 0 Å². The second kappa shape index (κ2) is 13.0. The summed E-state index contributed by atoms with van der Waals surface area (Å²) in [5, 5.41) is 6.66. The minimum atomic E-state index is -0.269. The van der Waals surface area contributed by atoms with Gasteiger partial charge in [0.25, 0.3) is 0 Å². The van der Waals surface area contributed by atoms with E-state index in [9.17, 15) is 9.18 Å². The van der Waals surface area contributed by atoms with Crippen molar-refractivity contribution in [3.63, 3.8) is 0 Å². The van der Waals surface area contributed by atoms with Crippen LogP contribution < -0.4 is 10.6 Å². The summed E-state index contributed by atoms with van der Waals surface area (Å²) in [4.78, 5) is 18.5. The van der Waals surface area contributed by atoms with Crippen LogP contribution in [0, 0.1) is 5.82 Å². The van der Waals surface area contributed by atoms with E-state index in [0.29, 0.717) is 30.3 Å². The maximum atomic E-state index is 13.6. The van der Waals surface area contributed by atoms with E-state index in [1.807, 2.05) is 13.0 Å². The fraction of sp³-hybridized carbons (Fsp3) is 0.556. The van der Waals surface area contributed by atoms with Gasteiger partial charge in [0, 0.05) is 36.3 Å². The summed E-state index contributed by atoms with van der Waals surface area (Å²) < 4.78 is 18.4.